The topological polar surface area (TPSA) is 137 Å². The molecule has 1 atom stereocenters. The lowest BCUT2D eigenvalue weighted by Crippen LogP contribution is -2.21. The summed E-state index contributed by atoms with van der Waals surface area (Å²) in [6.07, 6.45) is -0.590. The van der Waals surface area contributed by atoms with E-state index in [0.29, 0.717) is 16.9 Å². The molecule has 1 rings (SSSR count). The van der Waals surface area contributed by atoms with Crippen LogP contribution < -0.4 is 10.6 Å². The van der Waals surface area contributed by atoms with Crippen LogP contribution in [0.4, 0.5) is 11.4 Å². The van der Waals surface area contributed by atoms with Gasteiger partial charge < -0.3 is 24.8 Å². The number of ether oxygens (including phenoxy) is 3. The van der Waals surface area contributed by atoms with Gasteiger partial charge >= 0.3 is 17.9 Å². The van der Waals surface area contributed by atoms with Crippen molar-refractivity contribution in [1.82, 2.24) is 0 Å². The summed E-state index contributed by atoms with van der Waals surface area (Å²) < 4.78 is 14.2. The van der Waals surface area contributed by atoms with Crippen LogP contribution in [0.15, 0.2) is 18.2 Å². The quantitative estimate of drug-likeness (QED) is 0.304. The highest BCUT2D eigenvalue weighted by Gasteiger charge is 2.13. The van der Waals surface area contributed by atoms with E-state index in [-0.39, 0.29) is 31.5 Å². The lowest BCUT2D eigenvalue weighted by atomic mass is 9.96. The average Bonchev–Trinajstić information content (AvgIpc) is 2.65. The maximum absolute atomic E-state index is 12.2. The number of carbonyl (C=O) groups is 5. The Labute approximate surface area is 181 Å². The van der Waals surface area contributed by atoms with Crippen LogP contribution in [0.5, 0.6) is 0 Å². The fourth-order valence-electron chi connectivity index (χ4n) is 2.44. The summed E-state index contributed by atoms with van der Waals surface area (Å²) in [5, 5.41) is 5.22. The van der Waals surface area contributed by atoms with Crippen molar-refractivity contribution in [1.29, 1.82) is 0 Å². The molecule has 2 radical (unpaired) electrons. The van der Waals surface area contributed by atoms with Gasteiger partial charge in [0.15, 0.2) is 6.61 Å². The summed E-state index contributed by atoms with van der Waals surface area (Å²) in [6.45, 7) is 3.37. The molecule has 0 aromatic heterocycles. The standard InChI is InChI=1S/C20H25BN2O8/c1-12(24)29-11-19(27)23-17-8-15(10-21)7-16(9-17)22-18(26)5-4-6-20(28)31-14(3)30-13(2)25/h7-9,14H,4-6,10-11H2,1-3H3,(H,22,26)(H,23,27). The van der Waals surface area contributed by atoms with Gasteiger partial charge in [0.1, 0.15) is 0 Å². The zero-order chi connectivity index (χ0) is 23.4. The summed E-state index contributed by atoms with van der Waals surface area (Å²) >= 11 is 0. The molecule has 1 unspecified atom stereocenters. The molecule has 0 fully saturated rings. The number of hydrogen-bond donors (Lipinski definition) is 2. The minimum Gasteiger partial charge on any atom is -0.456 e. The molecule has 0 aliphatic carbocycles. The van der Waals surface area contributed by atoms with Crippen molar-refractivity contribution in [3.8, 4) is 0 Å². The summed E-state index contributed by atoms with van der Waals surface area (Å²) in [5.74, 6) is -2.63. The van der Waals surface area contributed by atoms with Gasteiger partial charge in [-0.1, -0.05) is 11.9 Å². The van der Waals surface area contributed by atoms with E-state index < -0.39 is 36.7 Å². The lowest BCUT2D eigenvalue weighted by molar-refractivity contribution is -0.182. The molecule has 0 spiro atoms. The number of amides is 2. The first kappa shape index (κ1) is 25.7. The van der Waals surface area contributed by atoms with Crippen molar-refractivity contribution in [2.24, 2.45) is 0 Å². The van der Waals surface area contributed by atoms with Gasteiger partial charge in [0, 0.05) is 45.0 Å². The molecule has 2 amide bonds. The van der Waals surface area contributed by atoms with Gasteiger partial charge in [-0.3, -0.25) is 24.0 Å². The van der Waals surface area contributed by atoms with Gasteiger partial charge in [0.2, 0.25) is 12.2 Å². The van der Waals surface area contributed by atoms with Crippen LogP contribution in [-0.2, 0) is 44.5 Å². The van der Waals surface area contributed by atoms with Crippen LogP contribution in [0.2, 0.25) is 0 Å². The Hall–Kier alpha value is -3.37. The van der Waals surface area contributed by atoms with E-state index in [1.165, 1.54) is 26.8 Å². The molecule has 1 aromatic rings. The number of esters is 3. The van der Waals surface area contributed by atoms with Gasteiger partial charge in [-0.2, -0.15) is 0 Å². The molecule has 31 heavy (non-hydrogen) atoms. The molecule has 11 heteroatoms. The number of hydrogen-bond acceptors (Lipinski definition) is 8. The van der Waals surface area contributed by atoms with Crippen molar-refractivity contribution in [2.75, 3.05) is 17.2 Å². The SMILES string of the molecule is [B]Cc1cc(NC(=O)CCCC(=O)OC(C)OC(C)=O)cc(NC(=O)COC(C)=O)c1. The van der Waals surface area contributed by atoms with Crippen molar-refractivity contribution in [3.63, 3.8) is 0 Å². The maximum Gasteiger partial charge on any atom is 0.308 e. The van der Waals surface area contributed by atoms with Crippen LogP contribution in [0.1, 0.15) is 45.6 Å². The Bertz CT molecular complexity index is 827. The van der Waals surface area contributed by atoms with E-state index in [0.717, 1.165) is 0 Å². The monoisotopic (exact) mass is 432 g/mol. The predicted octanol–water partition coefficient (Wildman–Crippen LogP) is 1.42. The molecule has 0 heterocycles. The van der Waals surface area contributed by atoms with Crippen LogP contribution in [0.25, 0.3) is 0 Å². The smallest absolute Gasteiger partial charge is 0.308 e. The van der Waals surface area contributed by atoms with E-state index in [2.05, 4.69) is 20.1 Å². The summed E-state index contributed by atoms with van der Waals surface area (Å²) in [4.78, 5) is 57.2. The normalized spacial score (nSPS) is 11.1. The molecular weight excluding hydrogens is 407 g/mol. The van der Waals surface area contributed by atoms with Crippen molar-refractivity contribution < 1.29 is 38.2 Å². The number of anilines is 2. The molecular formula is C20H25BN2O8. The summed E-state index contributed by atoms with van der Waals surface area (Å²) in [6, 6.07) is 4.80. The minimum absolute atomic E-state index is 0.0285. The molecule has 0 saturated carbocycles. The van der Waals surface area contributed by atoms with E-state index in [4.69, 9.17) is 12.6 Å². The summed E-state index contributed by atoms with van der Waals surface area (Å²) in [5.41, 5.74) is 1.43. The molecule has 2 N–H and O–H groups in total. The van der Waals surface area contributed by atoms with Crippen LogP contribution in [0, 0.1) is 0 Å². The second-order valence-electron chi connectivity index (χ2n) is 6.52. The van der Waals surface area contributed by atoms with Crippen LogP contribution in [-0.4, -0.2) is 50.5 Å². The lowest BCUT2D eigenvalue weighted by Gasteiger charge is -2.13. The number of rotatable bonds is 11. The number of nitrogens with one attached hydrogen (secondary N) is 2. The third-order valence-electron chi connectivity index (χ3n) is 3.62. The van der Waals surface area contributed by atoms with Crippen molar-refractivity contribution in [2.45, 2.75) is 52.6 Å². The maximum atomic E-state index is 12.2. The Morgan fingerprint density at radius 1 is 0.903 bits per heavy atom. The molecule has 10 nitrogen and oxygen atoms in total. The fraction of sp³-hybridized carbons (Fsp3) is 0.450. The van der Waals surface area contributed by atoms with Gasteiger partial charge in [0.05, 0.1) is 7.85 Å². The molecule has 0 saturated heterocycles. The van der Waals surface area contributed by atoms with E-state index in [1.54, 1.807) is 12.1 Å². The van der Waals surface area contributed by atoms with Crippen molar-refractivity contribution >= 4 is 48.9 Å². The largest absolute Gasteiger partial charge is 0.456 e. The average molecular weight is 432 g/mol. The first-order chi connectivity index (χ1) is 14.6. The first-order valence-corrected chi connectivity index (χ1v) is 9.52. The zero-order valence-electron chi connectivity index (χ0n) is 17.7. The van der Waals surface area contributed by atoms with Crippen LogP contribution in [0.3, 0.4) is 0 Å². The summed E-state index contributed by atoms with van der Waals surface area (Å²) in [7, 11) is 5.65. The predicted molar refractivity (Wildman–Crippen MR) is 111 cm³/mol. The van der Waals surface area contributed by atoms with Gasteiger partial charge in [-0.25, -0.2) is 0 Å². The third kappa shape index (κ3) is 11.4. The Kier molecular flexibility index (Phi) is 10.8. The molecule has 0 bridgehead atoms. The molecule has 0 aliphatic heterocycles. The van der Waals surface area contributed by atoms with Gasteiger partial charge in [0.25, 0.3) is 5.91 Å². The number of benzene rings is 1. The van der Waals surface area contributed by atoms with E-state index in [9.17, 15) is 24.0 Å². The fourth-order valence-corrected chi connectivity index (χ4v) is 2.44. The van der Waals surface area contributed by atoms with Gasteiger partial charge in [-0.15, -0.1) is 0 Å². The highest BCUT2D eigenvalue weighted by molar-refractivity contribution is 6.08. The first-order valence-electron chi connectivity index (χ1n) is 9.52. The second kappa shape index (κ2) is 13.0. The molecule has 1 aromatic carbocycles. The van der Waals surface area contributed by atoms with Crippen molar-refractivity contribution in [3.05, 3.63) is 23.8 Å². The van der Waals surface area contributed by atoms with E-state index in [1.807, 2.05) is 0 Å². The Balaban J connectivity index is 2.56. The highest BCUT2D eigenvalue weighted by atomic mass is 16.7. The van der Waals surface area contributed by atoms with Gasteiger partial charge in [-0.05, 0) is 24.6 Å². The zero-order valence-corrected chi connectivity index (χ0v) is 17.7. The number of carbonyl (C=O) groups excluding carboxylic acids is 5. The Morgan fingerprint density at radius 3 is 2.06 bits per heavy atom. The van der Waals surface area contributed by atoms with E-state index >= 15 is 0 Å². The third-order valence-corrected chi connectivity index (χ3v) is 3.62. The molecule has 166 valence electrons. The van der Waals surface area contributed by atoms with Crippen LogP contribution >= 0.6 is 0 Å². The molecule has 0 aliphatic rings. The highest BCUT2D eigenvalue weighted by Crippen LogP contribution is 2.20. The minimum atomic E-state index is -0.993. The second-order valence-corrected chi connectivity index (χ2v) is 6.52. The Morgan fingerprint density at radius 2 is 1.52 bits per heavy atom.